The first-order valence-corrected chi connectivity index (χ1v) is 4.46. The van der Waals surface area contributed by atoms with E-state index in [4.69, 9.17) is 33.4 Å². The van der Waals surface area contributed by atoms with Crippen LogP contribution in [0.3, 0.4) is 0 Å². The summed E-state index contributed by atoms with van der Waals surface area (Å²) in [4.78, 5) is 20.6. The van der Waals surface area contributed by atoms with E-state index in [1.807, 2.05) is 0 Å². The second kappa shape index (κ2) is 3.53. The number of hydrogen-bond acceptors (Lipinski definition) is 5. The molecule has 1 rings (SSSR count). The molecule has 2 N–H and O–H groups in total. The Labute approximate surface area is 86.3 Å². The van der Waals surface area contributed by atoms with Gasteiger partial charge in [-0.25, -0.2) is 0 Å². The number of aromatic hydroxyl groups is 2. The van der Waals surface area contributed by atoms with Gasteiger partial charge in [0.05, 0.1) is 0 Å². The molecule has 0 fully saturated rings. The molecule has 4 nitrogen and oxygen atoms in total. The van der Waals surface area contributed by atoms with Crippen molar-refractivity contribution in [2.24, 2.45) is 0 Å². The average molecular weight is 241 g/mol. The molecule has 7 heteroatoms. The SMILES string of the molecule is O=C(Cl)c1sc(C(=O)Cl)c(O)c1O. The highest BCUT2D eigenvalue weighted by Crippen LogP contribution is 2.41. The summed E-state index contributed by atoms with van der Waals surface area (Å²) in [6.45, 7) is 0. The Bertz CT molecular complexity index is 350. The van der Waals surface area contributed by atoms with E-state index in [9.17, 15) is 9.59 Å². The van der Waals surface area contributed by atoms with Gasteiger partial charge in [0.25, 0.3) is 10.5 Å². The first-order chi connectivity index (χ1) is 5.95. The summed E-state index contributed by atoms with van der Waals surface area (Å²) >= 11 is 10.6. The highest BCUT2D eigenvalue weighted by molar-refractivity contribution is 7.19. The number of carbonyl (C=O) groups is 2. The van der Waals surface area contributed by atoms with Gasteiger partial charge in [-0.1, -0.05) is 0 Å². The molecule has 1 aromatic heterocycles. The molecule has 1 aromatic rings. The van der Waals surface area contributed by atoms with Gasteiger partial charge in [-0.3, -0.25) is 9.59 Å². The molecule has 0 bridgehead atoms. The third kappa shape index (κ3) is 1.77. The van der Waals surface area contributed by atoms with Gasteiger partial charge in [0.15, 0.2) is 11.5 Å². The van der Waals surface area contributed by atoms with Gasteiger partial charge in [-0.2, -0.15) is 0 Å². The average Bonchev–Trinajstić information content (AvgIpc) is 2.29. The molecule has 0 amide bonds. The monoisotopic (exact) mass is 240 g/mol. The van der Waals surface area contributed by atoms with Crippen LogP contribution in [-0.2, 0) is 0 Å². The lowest BCUT2D eigenvalue weighted by Crippen LogP contribution is -1.81. The lowest BCUT2D eigenvalue weighted by Gasteiger charge is -1.89. The molecule has 0 aromatic carbocycles. The van der Waals surface area contributed by atoms with E-state index in [1.54, 1.807) is 0 Å². The molecule has 1 heterocycles. The van der Waals surface area contributed by atoms with Crippen molar-refractivity contribution >= 4 is 45.0 Å². The Morgan fingerprint density at radius 2 is 1.31 bits per heavy atom. The fraction of sp³-hybridized carbons (Fsp3) is 0. The number of rotatable bonds is 2. The summed E-state index contributed by atoms with van der Waals surface area (Å²) in [5, 5.41) is 16.3. The van der Waals surface area contributed by atoms with E-state index in [0.717, 1.165) is 0 Å². The molecular weight excluding hydrogens is 239 g/mol. The molecule has 0 aliphatic carbocycles. The van der Waals surface area contributed by atoms with Crippen LogP contribution >= 0.6 is 34.5 Å². The maximum Gasteiger partial charge on any atom is 0.266 e. The molecule has 0 atom stereocenters. The number of hydrogen-bond donors (Lipinski definition) is 2. The van der Waals surface area contributed by atoms with Crippen LogP contribution in [0.2, 0.25) is 0 Å². The second-order valence-corrected chi connectivity index (χ2v) is 3.71. The maximum atomic E-state index is 10.6. The van der Waals surface area contributed by atoms with E-state index in [1.165, 1.54) is 0 Å². The predicted molar refractivity (Wildman–Crippen MR) is 48.0 cm³/mol. The van der Waals surface area contributed by atoms with Gasteiger partial charge in [0, 0.05) is 0 Å². The summed E-state index contributed by atoms with van der Waals surface area (Å²) in [6, 6.07) is 0. The van der Waals surface area contributed by atoms with Crippen molar-refractivity contribution in [1.29, 1.82) is 0 Å². The Balaban J connectivity index is 3.36. The van der Waals surface area contributed by atoms with Crippen molar-refractivity contribution in [1.82, 2.24) is 0 Å². The zero-order valence-corrected chi connectivity index (χ0v) is 8.20. The molecule has 0 aliphatic rings. The van der Waals surface area contributed by atoms with Crippen LogP contribution in [0.5, 0.6) is 11.5 Å². The van der Waals surface area contributed by atoms with E-state index in [2.05, 4.69) is 0 Å². The summed E-state index contributed by atoms with van der Waals surface area (Å²) in [5.41, 5.74) is 0. The van der Waals surface area contributed by atoms with Gasteiger partial charge in [-0.15, -0.1) is 11.3 Å². The normalized spacial score (nSPS) is 10.0. The lowest BCUT2D eigenvalue weighted by atomic mass is 10.4. The van der Waals surface area contributed by atoms with Crippen molar-refractivity contribution in [2.45, 2.75) is 0 Å². The molecule has 70 valence electrons. The minimum absolute atomic E-state index is 0.303. The number of halogens is 2. The quantitative estimate of drug-likeness (QED) is 0.775. The van der Waals surface area contributed by atoms with Crippen LogP contribution in [0.4, 0.5) is 0 Å². The first-order valence-electron chi connectivity index (χ1n) is 2.89. The lowest BCUT2D eigenvalue weighted by molar-refractivity contribution is 0.107. The fourth-order valence-electron chi connectivity index (χ4n) is 0.680. The fourth-order valence-corrected chi connectivity index (χ4v) is 1.84. The van der Waals surface area contributed by atoms with Crippen LogP contribution in [-0.4, -0.2) is 20.7 Å². The van der Waals surface area contributed by atoms with Crippen molar-refractivity contribution in [3.8, 4) is 11.5 Å². The topological polar surface area (TPSA) is 74.6 Å². The van der Waals surface area contributed by atoms with Gasteiger partial charge in [0.2, 0.25) is 0 Å². The standard InChI is InChI=1S/C6H2Cl2O4S/c7-5(11)3-1(9)2(10)4(13-3)6(8)12/h9-10H. The van der Waals surface area contributed by atoms with Crippen molar-refractivity contribution < 1.29 is 19.8 Å². The maximum absolute atomic E-state index is 10.6. The summed E-state index contributed by atoms with van der Waals surface area (Å²) < 4.78 is 0. The Morgan fingerprint density at radius 1 is 1.00 bits per heavy atom. The molecule has 0 radical (unpaired) electrons. The molecule has 0 saturated carbocycles. The van der Waals surface area contributed by atoms with Gasteiger partial charge in [-0.05, 0) is 23.2 Å². The van der Waals surface area contributed by atoms with Gasteiger partial charge < -0.3 is 10.2 Å². The molecule has 0 aliphatic heterocycles. The van der Waals surface area contributed by atoms with Crippen LogP contribution in [0.1, 0.15) is 19.3 Å². The van der Waals surface area contributed by atoms with E-state index >= 15 is 0 Å². The number of thiophene rings is 1. The molecule has 0 unspecified atom stereocenters. The van der Waals surface area contributed by atoms with E-state index in [0.29, 0.717) is 11.3 Å². The minimum atomic E-state index is -0.957. The van der Waals surface area contributed by atoms with Crippen molar-refractivity contribution in [2.75, 3.05) is 0 Å². The van der Waals surface area contributed by atoms with Crippen LogP contribution < -0.4 is 0 Å². The summed E-state index contributed by atoms with van der Waals surface area (Å²) in [7, 11) is 0. The minimum Gasteiger partial charge on any atom is -0.503 e. The first kappa shape index (κ1) is 10.3. The predicted octanol–water partition coefficient (Wildman–Crippen LogP) is 1.92. The summed E-state index contributed by atoms with van der Waals surface area (Å²) in [5.74, 6) is -1.43. The van der Waals surface area contributed by atoms with Crippen LogP contribution in [0.25, 0.3) is 0 Å². The Kier molecular flexibility index (Phi) is 2.80. The van der Waals surface area contributed by atoms with Crippen LogP contribution in [0.15, 0.2) is 0 Å². The van der Waals surface area contributed by atoms with E-state index in [-0.39, 0.29) is 9.75 Å². The van der Waals surface area contributed by atoms with Crippen LogP contribution in [0, 0.1) is 0 Å². The third-order valence-corrected chi connectivity index (χ3v) is 2.98. The Hall–Kier alpha value is -0.780. The molecule has 0 spiro atoms. The number of carbonyl (C=O) groups excluding carboxylic acids is 2. The van der Waals surface area contributed by atoms with Gasteiger partial charge >= 0.3 is 0 Å². The molecule has 13 heavy (non-hydrogen) atoms. The third-order valence-electron chi connectivity index (χ3n) is 1.22. The molecule has 0 saturated heterocycles. The second-order valence-electron chi connectivity index (χ2n) is 2.00. The van der Waals surface area contributed by atoms with Crippen molar-refractivity contribution in [3.05, 3.63) is 9.75 Å². The van der Waals surface area contributed by atoms with Gasteiger partial charge in [0.1, 0.15) is 9.75 Å². The largest absolute Gasteiger partial charge is 0.503 e. The van der Waals surface area contributed by atoms with E-state index < -0.39 is 22.0 Å². The zero-order valence-electron chi connectivity index (χ0n) is 5.88. The van der Waals surface area contributed by atoms with Crippen molar-refractivity contribution in [3.63, 3.8) is 0 Å². The molecular formula is C6H2Cl2O4S. The zero-order chi connectivity index (χ0) is 10.2. The Morgan fingerprint density at radius 3 is 1.46 bits per heavy atom. The summed E-state index contributed by atoms with van der Waals surface area (Å²) in [6.07, 6.45) is 0. The smallest absolute Gasteiger partial charge is 0.266 e. The highest BCUT2D eigenvalue weighted by atomic mass is 35.5. The highest BCUT2D eigenvalue weighted by Gasteiger charge is 2.24.